The molecule has 0 unspecified atom stereocenters. The summed E-state index contributed by atoms with van der Waals surface area (Å²) in [7, 11) is 0. The fraction of sp³-hybridized carbons (Fsp3) is 0.467. The molecule has 7 nitrogen and oxygen atoms in total. The Morgan fingerprint density at radius 2 is 1.82 bits per heavy atom. The van der Waals surface area contributed by atoms with Crippen LogP contribution in [0.5, 0.6) is 5.75 Å². The smallest absolute Gasteiger partial charge is 0.307 e. The largest absolute Gasteiger partial charge is 0.493 e. The number of aliphatic carboxylic acids is 1. The van der Waals surface area contributed by atoms with Gasteiger partial charge in [0, 0.05) is 49.4 Å². The highest BCUT2D eigenvalue weighted by molar-refractivity contribution is 6.30. The normalized spacial score (nSPS) is 20.0. The predicted octanol–water partition coefficient (Wildman–Crippen LogP) is 5.14. The van der Waals surface area contributed by atoms with E-state index in [0.717, 1.165) is 71.5 Å². The number of morpholine rings is 1. The summed E-state index contributed by atoms with van der Waals surface area (Å²) in [5.41, 5.74) is 3.26. The molecule has 3 heterocycles. The van der Waals surface area contributed by atoms with Gasteiger partial charge in [-0.25, -0.2) is 4.99 Å². The van der Waals surface area contributed by atoms with Gasteiger partial charge in [-0.3, -0.25) is 9.69 Å². The summed E-state index contributed by atoms with van der Waals surface area (Å²) in [6.45, 7) is 5.90. The minimum Gasteiger partial charge on any atom is -0.493 e. The summed E-state index contributed by atoms with van der Waals surface area (Å²) in [4.78, 5) is 21.1. The molecule has 8 heteroatoms. The van der Waals surface area contributed by atoms with Crippen LogP contribution < -0.4 is 4.74 Å². The number of piperidine rings is 1. The summed E-state index contributed by atoms with van der Waals surface area (Å²) >= 11 is 6.23. The molecule has 3 aliphatic heterocycles. The summed E-state index contributed by atoms with van der Waals surface area (Å²) in [5.74, 6) is 0.938. The molecule has 0 aromatic heterocycles. The third kappa shape index (κ3) is 6.57. The van der Waals surface area contributed by atoms with E-state index in [1.807, 2.05) is 6.07 Å². The fourth-order valence-electron chi connectivity index (χ4n) is 5.92. The van der Waals surface area contributed by atoms with Crippen LogP contribution in [0.1, 0.15) is 43.2 Å². The molecule has 0 bridgehead atoms. The molecule has 2 saturated heterocycles. The van der Waals surface area contributed by atoms with Crippen LogP contribution in [0.25, 0.3) is 5.57 Å². The topological polar surface area (TPSA) is 74.6 Å². The van der Waals surface area contributed by atoms with Crippen molar-refractivity contribution in [3.05, 3.63) is 70.9 Å². The van der Waals surface area contributed by atoms with Crippen LogP contribution in [0.4, 0.5) is 0 Å². The van der Waals surface area contributed by atoms with Crippen LogP contribution in [0.3, 0.4) is 0 Å². The van der Waals surface area contributed by atoms with Crippen molar-refractivity contribution in [2.45, 2.75) is 44.1 Å². The van der Waals surface area contributed by atoms with Gasteiger partial charge >= 0.3 is 5.97 Å². The second-order valence-corrected chi connectivity index (χ2v) is 10.8. The van der Waals surface area contributed by atoms with E-state index in [-0.39, 0.29) is 12.0 Å². The lowest BCUT2D eigenvalue weighted by molar-refractivity contribution is -0.136. The third-order valence-corrected chi connectivity index (χ3v) is 8.21. The number of carboxylic acid groups (broad SMARTS) is 1. The van der Waals surface area contributed by atoms with Gasteiger partial charge in [-0.15, -0.1) is 0 Å². The number of carbonyl (C=O) groups is 1. The molecule has 0 aliphatic carbocycles. The first kappa shape index (κ1) is 26.7. The number of ether oxygens (including phenoxy) is 2. The second-order valence-electron chi connectivity index (χ2n) is 10.3. The van der Waals surface area contributed by atoms with E-state index in [1.165, 1.54) is 17.0 Å². The van der Waals surface area contributed by atoms with Crippen LogP contribution in [-0.2, 0) is 16.0 Å². The lowest BCUT2D eigenvalue weighted by Gasteiger charge is -2.50. The van der Waals surface area contributed by atoms with Crippen LogP contribution in [0, 0.1) is 0 Å². The van der Waals surface area contributed by atoms with Crippen molar-refractivity contribution < 1.29 is 19.4 Å². The van der Waals surface area contributed by atoms with E-state index in [2.05, 4.69) is 40.3 Å². The van der Waals surface area contributed by atoms with E-state index in [4.69, 9.17) is 31.2 Å². The maximum Gasteiger partial charge on any atom is 0.307 e. The van der Waals surface area contributed by atoms with Gasteiger partial charge in [-0.1, -0.05) is 41.9 Å². The maximum atomic E-state index is 11.1. The van der Waals surface area contributed by atoms with Crippen LogP contribution in [0.2, 0.25) is 5.02 Å². The number of halogens is 1. The minimum atomic E-state index is -0.884. The van der Waals surface area contributed by atoms with Crippen molar-refractivity contribution in [2.24, 2.45) is 4.99 Å². The van der Waals surface area contributed by atoms with Crippen LogP contribution in [0.15, 0.2) is 59.7 Å². The number of nitrogens with zero attached hydrogens (tertiary/aromatic N) is 3. The first-order chi connectivity index (χ1) is 18.5. The third-order valence-electron chi connectivity index (χ3n) is 8.00. The lowest BCUT2D eigenvalue weighted by Crippen LogP contribution is -2.59. The summed E-state index contributed by atoms with van der Waals surface area (Å²) in [6.07, 6.45) is 6.96. The summed E-state index contributed by atoms with van der Waals surface area (Å²) in [5, 5.41) is 9.63. The van der Waals surface area contributed by atoms with Crippen LogP contribution in [-0.4, -0.2) is 78.2 Å². The van der Waals surface area contributed by atoms with E-state index < -0.39 is 5.97 Å². The average Bonchev–Trinajstić information content (AvgIpc) is 2.94. The zero-order valence-electron chi connectivity index (χ0n) is 21.8. The van der Waals surface area contributed by atoms with Gasteiger partial charge in [0.1, 0.15) is 11.6 Å². The molecule has 38 heavy (non-hydrogen) atoms. The molecule has 202 valence electrons. The molecule has 5 rings (SSSR count). The molecular weight excluding hydrogens is 502 g/mol. The number of carboxylic acids is 1. The van der Waals surface area contributed by atoms with Gasteiger partial charge in [0.15, 0.2) is 0 Å². The second kappa shape index (κ2) is 12.3. The molecule has 3 aliphatic rings. The highest BCUT2D eigenvalue weighted by Crippen LogP contribution is 2.35. The number of aliphatic imine (C=N–C) groups is 1. The molecule has 0 amide bonds. The molecule has 2 aromatic carbocycles. The SMILES string of the molecule is O=C(O)Cc1cc(Cl)cc(OCCC2(N3CCOCC3)CCN(C3=NC=C(c4ccccc4)CC3)CC2)c1. The molecule has 0 radical (unpaired) electrons. The van der Waals surface area contributed by atoms with Crippen molar-refractivity contribution in [1.82, 2.24) is 9.80 Å². The van der Waals surface area contributed by atoms with Gasteiger partial charge in [0.05, 0.1) is 26.2 Å². The van der Waals surface area contributed by atoms with Gasteiger partial charge in [-0.05, 0) is 60.6 Å². The van der Waals surface area contributed by atoms with Crippen molar-refractivity contribution in [3.63, 3.8) is 0 Å². The Morgan fingerprint density at radius 1 is 1.05 bits per heavy atom. The molecule has 0 saturated carbocycles. The standard InChI is InChI=1S/C30H36ClN3O4/c31-26-18-23(20-29(35)36)19-27(21-26)38-15-10-30(34-13-16-37-17-14-34)8-11-33(12-9-30)28-7-6-25(22-32-28)24-4-2-1-3-5-24/h1-5,18-19,21-22H,6-17,20H2,(H,35,36). The summed E-state index contributed by atoms with van der Waals surface area (Å²) < 4.78 is 11.8. The van der Waals surface area contributed by atoms with E-state index >= 15 is 0 Å². The maximum absolute atomic E-state index is 11.1. The number of rotatable bonds is 8. The zero-order chi connectivity index (χ0) is 26.4. The Bertz CT molecular complexity index is 1170. The average molecular weight is 538 g/mol. The number of allylic oxidation sites excluding steroid dienone is 1. The molecule has 0 spiro atoms. The lowest BCUT2D eigenvalue weighted by atomic mass is 9.82. The highest BCUT2D eigenvalue weighted by atomic mass is 35.5. The first-order valence-corrected chi connectivity index (χ1v) is 13.9. The van der Waals surface area contributed by atoms with E-state index in [0.29, 0.717) is 22.9 Å². The van der Waals surface area contributed by atoms with Crippen LogP contribution >= 0.6 is 11.6 Å². The Labute approximate surface area is 229 Å². The quantitative estimate of drug-likeness (QED) is 0.503. The minimum absolute atomic E-state index is 0.0447. The predicted molar refractivity (Wildman–Crippen MR) is 150 cm³/mol. The number of amidine groups is 1. The van der Waals surface area contributed by atoms with Crippen molar-refractivity contribution >= 4 is 29.0 Å². The first-order valence-electron chi connectivity index (χ1n) is 13.5. The number of hydrogen-bond donors (Lipinski definition) is 1. The molecule has 0 atom stereocenters. The molecule has 2 fully saturated rings. The Balaban J connectivity index is 1.23. The van der Waals surface area contributed by atoms with Gasteiger partial charge < -0.3 is 19.5 Å². The highest BCUT2D eigenvalue weighted by Gasteiger charge is 2.41. The van der Waals surface area contributed by atoms with Crippen molar-refractivity contribution in [3.8, 4) is 5.75 Å². The number of hydrogen-bond acceptors (Lipinski definition) is 6. The Hall–Kier alpha value is -2.87. The number of likely N-dealkylation sites (tertiary alicyclic amines) is 1. The Kier molecular flexibility index (Phi) is 8.67. The van der Waals surface area contributed by atoms with E-state index in [1.54, 1.807) is 18.2 Å². The van der Waals surface area contributed by atoms with Crippen molar-refractivity contribution in [2.75, 3.05) is 46.0 Å². The van der Waals surface area contributed by atoms with Gasteiger partial charge in [0.2, 0.25) is 0 Å². The van der Waals surface area contributed by atoms with E-state index in [9.17, 15) is 4.79 Å². The zero-order valence-corrected chi connectivity index (χ0v) is 22.5. The van der Waals surface area contributed by atoms with Crippen molar-refractivity contribution in [1.29, 1.82) is 0 Å². The fourth-order valence-corrected chi connectivity index (χ4v) is 6.17. The Morgan fingerprint density at radius 3 is 2.50 bits per heavy atom. The molecule has 2 aromatic rings. The molecular formula is C30H36ClN3O4. The van der Waals surface area contributed by atoms with Gasteiger partial charge in [0.25, 0.3) is 0 Å². The number of benzene rings is 2. The molecule has 1 N–H and O–H groups in total. The summed E-state index contributed by atoms with van der Waals surface area (Å²) in [6, 6.07) is 15.7. The monoisotopic (exact) mass is 537 g/mol. The van der Waals surface area contributed by atoms with Gasteiger partial charge in [-0.2, -0.15) is 0 Å².